The third-order valence-corrected chi connectivity index (χ3v) is 5.30. The molecule has 1 heterocycles. The molecule has 0 aliphatic carbocycles. The molecule has 2 aromatic rings. The van der Waals surface area contributed by atoms with Gasteiger partial charge in [0.2, 0.25) is 0 Å². The molecule has 1 nitrogen and oxygen atoms in total. The van der Waals surface area contributed by atoms with Gasteiger partial charge in [0.25, 0.3) is 0 Å². The zero-order valence-corrected chi connectivity index (χ0v) is 12.4. The van der Waals surface area contributed by atoms with E-state index in [9.17, 15) is 5.11 Å². The van der Waals surface area contributed by atoms with Crippen molar-refractivity contribution >= 4 is 11.8 Å². The number of hydrogen-bond acceptors (Lipinski definition) is 2. The molecule has 1 saturated heterocycles. The Morgan fingerprint density at radius 3 is 2.35 bits per heavy atom. The van der Waals surface area contributed by atoms with E-state index in [0.29, 0.717) is 0 Å². The monoisotopic (exact) mass is 284 g/mol. The van der Waals surface area contributed by atoms with Crippen LogP contribution in [0.1, 0.15) is 35.6 Å². The molecule has 2 heteroatoms. The molecule has 20 heavy (non-hydrogen) atoms. The fourth-order valence-corrected chi connectivity index (χ4v) is 4.04. The maximum Gasteiger partial charge on any atom is 0.104 e. The second-order valence-corrected chi connectivity index (χ2v) is 6.80. The molecule has 2 atom stereocenters. The maximum atomic E-state index is 10.4. The molecule has 1 fully saturated rings. The minimum Gasteiger partial charge on any atom is -0.384 e. The number of aliphatic hydroxyl groups is 1. The minimum absolute atomic E-state index is 0.522. The second-order valence-electron chi connectivity index (χ2n) is 5.39. The molecule has 1 aliphatic rings. The van der Waals surface area contributed by atoms with Crippen molar-refractivity contribution in [1.29, 1.82) is 0 Å². The smallest absolute Gasteiger partial charge is 0.104 e. The highest BCUT2D eigenvalue weighted by atomic mass is 32.2. The van der Waals surface area contributed by atoms with Crippen LogP contribution in [0.3, 0.4) is 0 Å². The van der Waals surface area contributed by atoms with E-state index in [4.69, 9.17) is 0 Å². The molecule has 0 saturated carbocycles. The second kappa shape index (κ2) is 6.47. The third-order valence-electron chi connectivity index (χ3n) is 3.90. The molecule has 0 bridgehead atoms. The third kappa shape index (κ3) is 3.25. The highest BCUT2D eigenvalue weighted by Gasteiger charge is 2.16. The van der Waals surface area contributed by atoms with E-state index in [1.54, 1.807) is 0 Å². The zero-order chi connectivity index (χ0) is 13.8. The molecule has 1 aliphatic heterocycles. The number of rotatable bonds is 4. The van der Waals surface area contributed by atoms with Gasteiger partial charge in [-0.15, -0.1) is 0 Å². The van der Waals surface area contributed by atoms with Gasteiger partial charge >= 0.3 is 0 Å². The summed E-state index contributed by atoms with van der Waals surface area (Å²) in [5.41, 5.74) is 3.30. The van der Waals surface area contributed by atoms with Crippen LogP contribution in [0.2, 0.25) is 0 Å². The predicted molar refractivity (Wildman–Crippen MR) is 86.1 cm³/mol. The summed E-state index contributed by atoms with van der Waals surface area (Å²) in [5.74, 6) is 1.31. The van der Waals surface area contributed by atoms with E-state index in [1.807, 2.05) is 30.3 Å². The van der Waals surface area contributed by atoms with Crippen molar-refractivity contribution in [2.75, 3.05) is 5.75 Å². The first-order valence-corrected chi connectivity index (χ1v) is 8.31. The first-order chi connectivity index (χ1) is 9.83. The van der Waals surface area contributed by atoms with Crippen LogP contribution in [0.4, 0.5) is 0 Å². The van der Waals surface area contributed by atoms with Crippen LogP contribution in [-0.2, 0) is 6.42 Å². The SMILES string of the molecule is OC(c1ccccc1)c1ccc(CC2CCCS2)cc1. The van der Waals surface area contributed by atoms with Gasteiger partial charge in [0.1, 0.15) is 6.10 Å². The summed E-state index contributed by atoms with van der Waals surface area (Å²) in [6, 6.07) is 18.3. The van der Waals surface area contributed by atoms with Crippen LogP contribution in [0.5, 0.6) is 0 Å². The number of hydrogen-bond donors (Lipinski definition) is 1. The number of thioether (sulfide) groups is 1. The molecule has 104 valence electrons. The fourth-order valence-electron chi connectivity index (χ4n) is 2.73. The average molecular weight is 284 g/mol. The zero-order valence-electron chi connectivity index (χ0n) is 11.5. The molecule has 0 radical (unpaired) electrons. The summed E-state index contributed by atoms with van der Waals surface area (Å²) in [7, 11) is 0. The van der Waals surface area contributed by atoms with Gasteiger partial charge in [-0.25, -0.2) is 0 Å². The summed E-state index contributed by atoms with van der Waals surface area (Å²) in [5, 5.41) is 11.2. The molecular formula is C18H20OS. The quantitative estimate of drug-likeness (QED) is 0.907. The van der Waals surface area contributed by atoms with Crippen molar-refractivity contribution in [3.63, 3.8) is 0 Å². The lowest BCUT2D eigenvalue weighted by Crippen LogP contribution is -2.03. The van der Waals surface area contributed by atoms with Crippen LogP contribution in [0.15, 0.2) is 54.6 Å². The van der Waals surface area contributed by atoms with Gasteiger partial charge in [0, 0.05) is 5.25 Å². The molecule has 1 N–H and O–H groups in total. The van der Waals surface area contributed by atoms with Crippen molar-refractivity contribution in [1.82, 2.24) is 0 Å². The maximum absolute atomic E-state index is 10.4. The van der Waals surface area contributed by atoms with E-state index in [-0.39, 0.29) is 0 Å². The van der Waals surface area contributed by atoms with Crippen LogP contribution < -0.4 is 0 Å². The highest BCUT2D eigenvalue weighted by molar-refractivity contribution is 8.00. The fraction of sp³-hybridized carbons (Fsp3) is 0.333. The van der Waals surface area contributed by atoms with Crippen LogP contribution >= 0.6 is 11.8 Å². The standard InChI is InChI=1S/C18H20OS/c19-18(15-5-2-1-3-6-15)16-10-8-14(9-11-16)13-17-7-4-12-20-17/h1-3,5-6,8-11,17-19H,4,7,12-13H2. The molecule has 0 aromatic heterocycles. The summed E-state index contributed by atoms with van der Waals surface area (Å²) >= 11 is 2.10. The first-order valence-electron chi connectivity index (χ1n) is 7.26. The van der Waals surface area contributed by atoms with Crippen LogP contribution in [0.25, 0.3) is 0 Å². The first kappa shape index (κ1) is 13.7. The van der Waals surface area contributed by atoms with Gasteiger partial charge < -0.3 is 5.11 Å². The van der Waals surface area contributed by atoms with Gasteiger partial charge in [-0.05, 0) is 41.7 Å². The lowest BCUT2D eigenvalue weighted by atomic mass is 9.99. The van der Waals surface area contributed by atoms with Crippen molar-refractivity contribution in [2.45, 2.75) is 30.6 Å². The molecule has 0 spiro atoms. The Morgan fingerprint density at radius 1 is 1.00 bits per heavy atom. The minimum atomic E-state index is -0.522. The Balaban J connectivity index is 1.69. The average Bonchev–Trinajstić information content (AvgIpc) is 3.01. The summed E-state index contributed by atoms with van der Waals surface area (Å²) in [6.45, 7) is 0. The number of aliphatic hydroxyl groups excluding tert-OH is 1. The largest absolute Gasteiger partial charge is 0.384 e. The molecule has 3 rings (SSSR count). The highest BCUT2D eigenvalue weighted by Crippen LogP contribution is 2.29. The predicted octanol–water partition coefficient (Wildman–Crippen LogP) is 4.21. The van der Waals surface area contributed by atoms with Gasteiger partial charge in [0.15, 0.2) is 0 Å². The van der Waals surface area contributed by atoms with E-state index >= 15 is 0 Å². The van der Waals surface area contributed by atoms with Gasteiger partial charge in [0.05, 0.1) is 0 Å². The van der Waals surface area contributed by atoms with Crippen LogP contribution in [0, 0.1) is 0 Å². The lowest BCUT2D eigenvalue weighted by Gasteiger charge is -2.13. The summed E-state index contributed by atoms with van der Waals surface area (Å²) in [6.07, 6.45) is 3.34. The Morgan fingerprint density at radius 2 is 1.70 bits per heavy atom. The van der Waals surface area contributed by atoms with Crippen molar-refractivity contribution in [2.24, 2.45) is 0 Å². The van der Waals surface area contributed by atoms with Crippen molar-refractivity contribution < 1.29 is 5.11 Å². The lowest BCUT2D eigenvalue weighted by molar-refractivity contribution is 0.220. The van der Waals surface area contributed by atoms with E-state index in [1.165, 1.54) is 24.2 Å². The molecule has 2 unspecified atom stereocenters. The summed E-state index contributed by atoms with van der Waals surface area (Å²) < 4.78 is 0. The molecule has 2 aromatic carbocycles. The Hall–Kier alpha value is -1.25. The van der Waals surface area contributed by atoms with Crippen molar-refractivity contribution in [3.8, 4) is 0 Å². The van der Waals surface area contributed by atoms with E-state index in [2.05, 4.69) is 36.0 Å². The molecular weight excluding hydrogens is 264 g/mol. The van der Waals surface area contributed by atoms with Gasteiger partial charge in [-0.2, -0.15) is 11.8 Å². The molecule has 0 amide bonds. The Labute approximate surface area is 125 Å². The van der Waals surface area contributed by atoms with Crippen LogP contribution in [-0.4, -0.2) is 16.1 Å². The summed E-state index contributed by atoms with van der Waals surface area (Å²) in [4.78, 5) is 0. The Bertz CT molecular complexity index is 529. The Kier molecular flexibility index (Phi) is 4.44. The normalized spacial score (nSPS) is 19.9. The van der Waals surface area contributed by atoms with Gasteiger partial charge in [-0.1, -0.05) is 54.6 Å². The topological polar surface area (TPSA) is 20.2 Å². The van der Waals surface area contributed by atoms with Crippen molar-refractivity contribution in [3.05, 3.63) is 71.3 Å². The van der Waals surface area contributed by atoms with Gasteiger partial charge in [-0.3, -0.25) is 0 Å². The number of benzene rings is 2. The van der Waals surface area contributed by atoms with E-state index < -0.39 is 6.10 Å². The van der Waals surface area contributed by atoms with E-state index in [0.717, 1.165) is 22.8 Å².